The van der Waals surface area contributed by atoms with E-state index in [2.05, 4.69) is 17.2 Å². The van der Waals surface area contributed by atoms with E-state index in [-0.39, 0.29) is 35.9 Å². The second-order valence-electron chi connectivity index (χ2n) is 11.3. The van der Waals surface area contributed by atoms with E-state index in [0.717, 1.165) is 6.08 Å². The number of allylic oxidation sites excluding steroid dienone is 3. The van der Waals surface area contributed by atoms with Gasteiger partial charge in [-0.25, -0.2) is 9.59 Å². The maximum absolute atomic E-state index is 13.7. The van der Waals surface area contributed by atoms with Crippen LogP contribution in [0.25, 0.3) is 0 Å². The average Bonchev–Trinajstić information content (AvgIpc) is 2.97. The van der Waals surface area contributed by atoms with Crippen LogP contribution in [0.1, 0.15) is 53.4 Å². The molecule has 0 saturated carbocycles. The largest absolute Gasteiger partial charge is 0.443 e. The SMILES string of the molecule is C=CCNC1=C2C[C@@H](C)C[C@H](OC)C(OC(N)=O)[C@@H](C)/C=C(\C)[C@H](OC(N)=O)C(OC)CC/C=C(\C)C(=O)NC(=CC1=O)C2=O. The summed E-state index contributed by atoms with van der Waals surface area (Å²) in [5.74, 6) is -2.28. The Morgan fingerprint density at radius 3 is 2.29 bits per heavy atom. The molecule has 0 aromatic rings. The van der Waals surface area contributed by atoms with Crippen molar-refractivity contribution >= 4 is 29.7 Å². The first-order valence-corrected chi connectivity index (χ1v) is 14.8. The Labute approximate surface area is 264 Å². The van der Waals surface area contributed by atoms with Crippen LogP contribution in [0.15, 0.2) is 59.0 Å². The fourth-order valence-corrected chi connectivity index (χ4v) is 5.56. The van der Waals surface area contributed by atoms with Crippen molar-refractivity contribution in [2.24, 2.45) is 23.3 Å². The number of ether oxygens (including phenoxy) is 4. The van der Waals surface area contributed by atoms with Gasteiger partial charge in [0.25, 0.3) is 5.91 Å². The van der Waals surface area contributed by atoms with Gasteiger partial charge in [-0.15, -0.1) is 6.58 Å². The Morgan fingerprint density at radius 1 is 1.07 bits per heavy atom. The summed E-state index contributed by atoms with van der Waals surface area (Å²) >= 11 is 0. The van der Waals surface area contributed by atoms with Gasteiger partial charge in [0.15, 0.2) is 6.10 Å². The molecule has 2 unspecified atom stereocenters. The van der Waals surface area contributed by atoms with Crippen LogP contribution in [-0.4, -0.2) is 74.8 Å². The molecule has 0 aromatic heterocycles. The first-order valence-electron chi connectivity index (χ1n) is 14.8. The van der Waals surface area contributed by atoms with Crippen LogP contribution in [0.3, 0.4) is 0 Å². The highest BCUT2D eigenvalue weighted by Gasteiger charge is 2.35. The standard InChI is InChI=1S/C32H46N4O9/c1-8-12-35-26-21-13-17(2)14-25(43-7)29(45-32(34)41)20(5)15-19(4)28(44-31(33)40)24(42-6)11-9-10-18(3)30(39)36-22(27(21)38)16-23(26)37/h8,10,15-17,20,24-25,28-29,35H,1,9,11-14H2,2-7H3,(H2,33,40)(H2,34,41)(H,36,39)/b18-10+,19-15+/t17-,20+,24?,25+,28+,29?/m1/s1. The van der Waals surface area contributed by atoms with Gasteiger partial charge in [-0.1, -0.05) is 32.1 Å². The second-order valence-corrected chi connectivity index (χ2v) is 11.3. The highest BCUT2D eigenvalue weighted by atomic mass is 16.6. The molecule has 13 nitrogen and oxygen atoms in total. The van der Waals surface area contributed by atoms with Crippen LogP contribution in [0.5, 0.6) is 0 Å². The lowest BCUT2D eigenvalue weighted by atomic mass is 9.85. The van der Waals surface area contributed by atoms with Gasteiger partial charge >= 0.3 is 12.2 Å². The molecule has 1 aliphatic carbocycles. The highest BCUT2D eigenvalue weighted by molar-refractivity contribution is 6.23. The Bertz CT molecular complexity index is 1280. The summed E-state index contributed by atoms with van der Waals surface area (Å²) in [4.78, 5) is 63.7. The summed E-state index contributed by atoms with van der Waals surface area (Å²) in [7, 11) is 2.92. The van der Waals surface area contributed by atoms with E-state index in [1.54, 1.807) is 39.0 Å². The predicted molar refractivity (Wildman–Crippen MR) is 166 cm³/mol. The Morgan fingerprint density at radius 2 is 1.71 bits per heavy atom. The van der Waals surface area contributed by atoms with Crippen molar-refractivity contribution in [3.8, 4) is 0 Å². The quantitative estimate of drug-likeness (QED) is 0.240. The van der Waals surface area contributed by atoms with E-state index in [4.69, 9.17) is 30.4 Å². The topological polar surface area (TPSA) is 198 Å². The molecule has 1 aliphatic heterocycles. The molecular weight excluding hydrogens is 584 g/mol. The molecule has 2 bridgehead atoms. The van der Waals surface area contributed by atoms with Gasteiger partial charge in [-0.05, 0) is 51.0 Å². The number of hydrogen-bond acceptors (Lipinski definition) is 10. The third-order valence-electron chi connectivity index (χ3n) is 7.76. The highest BCUT2D eigenvalue weighted by Crippen LogP contribution is 2.30. The first kappa shape index (κ1) is 37.0. The van der Waals surface area contributed by atoms with Gasteiger partial charge in [0, 0.05) is 43.9 Å². The van der Waals surface area contributed by atoms with Crippen molar-refractivity contribution in [2.75, 3.05) is 20.8 Å². The zero-order valence-corrected chi connectivity index (χ0v) is 26.8. The minimum absolute atomic E-state index is 0.125. The Hall–Kier alpha value is -4.23. The summed E-state index contributed by atoms with van der Waals surface area (Å²) in [6, 6.07) is 0. The number of ketones is 2. The lowest BCUT2D eigenvalue weighted by Crippen LogP contribution is -2.41. The lowest BCUT2D eigenvalue weighted by Gasteiger charge is -2.32. The van der Waals surface area contributed by atoms with Gasteiger partial charge in [0.1, 0.15) is 6.10 Å². The van der Waals surface area contributed by atoms with E-state index in [9.17, 15) is 24.0 Å². The number of primary amides is 2. The zero-order chi connectivity index (χ0) is 33.8. The summed E-state index contributed by atoms with van der Waals surface area (Å²) < 4.78 is 22.4. The molecule has 0 aromatic carbocycles. The van der Waals surface area contributed by atoms with E-state index >= 15 is 0 Å². The monoisotopic (exact) mass is 630 g/mol. The molecule has 0 radical (unpaired) electrons. The molecule has 0 saturated heterocycles. The van der Waals surface area contributed by atoms with E-state index < -0.39 is 60.0 Å². The van der Waals surface area contributed by atoms with Crippen LogP contribution in [0.4, 0.5) is 9.59 Å². The maximum Gasteiger partial charge on any atom is 0.405 e. The van der Waals surface area contributed by atoms with Crippen LogP contribution in [0, 0.1) is 11.8 Å². The van der Waals surface area contributed by atoms with Gasteiger partial charge in [-0.2, -0.15) is 0 Å². The molecule has 13 heteroatoms. The maximum atomic E-state index is 13.7. The van der Waals surface area contributed by atoms with Crippen molar-refractivity contribution in [1.82, 2.24) is 10.6 Å². The lowest BCUT2D eigenvalue weighted by molar-refractivity contribution is -0.120. The molecule has 0 spiro atoms. The number of Topliss-reactive ketones (excluding diaryl/α,β-unsaturated/α-hetero) is 1. The van der Waals surface area contributed by atoms with Crippen molar-refractivity contribution in [3.05, 3.63) is 59.0 Å². The van der Waals surface area contributed by atoms with Gasteiger partial charge < -0.3 is 41.0 Å². The summed E-state index contributed by atoms with van der Waals surface area (Å²) in [6.07, 6.45) is 2.06. The summed E-state index contributed by atoms with van der Waals surface area (Å²) in [5, 5.41) is 5.55. The molecule has 1 heterocycles. The average molecular weight is 631 g/mol. The van der Waals surface area contributed by atoms with Crippen LogP contribution in [-0.2, 0) is 33.3 Å². The normalized spacial score (nSPS) is 29.7. The van der Waals surface area contributed by atoms with E-state index in [1.165, 1.54) is 14.2 Å². The number of nitrogens with two attached hydrogens (primary N) is 2. The van der Waals surface area contributed by atoms with Gasteiger partial charge in [0.2, 0.25) is 11.6 Å². The number of amides is 3. The number of fused-ring (bicyclic) bond motifs is 2. The molecule has 45 heavy (non-hydrogen) atoms. The van der Waals surface area contributed by atoms with Crippen molar-refractivity contribution in [3.63, 3.8) is 0 Å². The molecule has 0 fully saturated rings. The number of nitrogens with one attached hydrogen (secondary N) is 2. The first-order chi connectivity index (χ1) is 21.2. The number of rotatable bonds is 7. The number of hydrogen-bond donors (Lipinski definition) is 4. The molecule has 248 valence electrons. The third kappa shape index (κ3) is 10.4. The number of carbonyl (C=O) groups excluding carboxylic acids is 5. The molecular formula is C32H46N4O9. The van der Waals surface area contributed by atoms with Crippen LogP contribution < -0.4 is 22.1 Å². The second kappa shape index (κ2) is 17.3. The van der Waals surface area contributed by atoms with E-state index in [1.807, 2.05) is 6.92 Å². The van der Waals surface area contributed by atoms with Gasteiger partial charge in [0.05, 0.1) is 23.6 Å². The Balaban J connectivity index is 2.67. The van der Waals surface area contributed by atoms with E-state index in [0.29, 0.717) is 30.4 Å². The zero-order valence-electron chi connectivity index (χ0n) is 26.8. The molecule has 2 aliphatic rings. The molecule has 6 N–H and O–H groups in total. The van der Waals surface area contributed by atoms with Crippen molar-refractivity contribution < 1.29 is 42.9 Å². The smallest absolute Gasteiger partial charge is 0.405 e. The number of methoxy groups -OCH3 is 2. The summed E-state index contributed by atoms with van der Waals surface area (Å²) in [5.41, 5.74) is 11.9. The molecule has 6 atom stereocenters. The minimum Gasteiger partial charge on any atom is -0.443 e. The number of carbonyl (C=O) groups is 5. The van der Waals surface area contributed by atoms with Gasteiger partial charge in [-0.3, -0.25) is 14.4 Å². The summed E-state index contributed by atoms with van der Waals surface area (Å²) in [6.45, 7) is 10.9. The molecule has 2 rings (SSSR count). The Kier molecular flexibility index (Phi) is 14.2. The third-order valence-corrected chi connectivity index (χ3v) is 7.76. The van der Waals surface area contributed by atoms with Crippen LogP contribution >= 0.6 is 0 Å². The fourth-order valence-electron chi connectivity index (χ4n) is 5.56. The molecule has 3 amide bonds. The fraction of sp³-hybridized carbons (Fsp3) is 0.531. The minimum atomic E-state index is -1.01. The van der Waals surface area contributed by atoms with Crippen molar-refractivity contribution in [2.45, 2.75) is 77.8 Å². The van der Waals surface area contributed by atoms with Crippen LogP contribution in [0.2, 0.25) is 0 Å². The van der Waals surface area contributed by atoms with Crippen molar-refractivity contribution in [1.29, 1.82) is 0 Å². The predicted octanol–water partition coefficient (Wildman–Crippen LogP) is 2.86.